The van der Waals surface area contributed by atoms with E-state index in [1.807, 2.05) is 18.2 Å². The number of carbonyl (C=O) groups excluding carboxylic acids is 1. The topological polar surface area (TPSA) is 82.3 Å². The Kier molecular flexibility index (Phi) is 5.37. The molecule has 0 unspecified atom stereocenters. The van der Waals surface area contributed by atoms with Crippen molar-refractivity contribution in [2.24, 2.45) is 0 Å². The second-order valence-electron chi connectivity index (χ2n) is 4.80. The lowest BCUT2D eigenvalue weighted by atomic mass is 10.1. The summed E-state index contributed by atoms with van der Waals surface area (Å²) in [6.07, 6.45) is 1.43. The van der Waals surface area contributed by atoms with E-state index < -0.39 is 5.91 Å². The van der Waals surface area contributed by atoms with Gasteiger partial charge in [0.05, 0.1) is 7.11 Å². The van der Waals surface area contributed by atoms with Gasteiger partial charge in [-0.15, -0.1) is 0 Å². The van der Waals surface area contributed by atoms with Gasteiger partial charge >= 0.3 is 0 Å². The van der Waals surface area contributed by atoms with Gasteiger partial charge in [-0.05, 0) is 41.5 Å². The van der Waals surface area contributed by atoms with Crippen molar-refractivity contribution in [2.45, 2.75) is 6.54 Å². The Morgan fingerprint density at radius 3 is 2.65 bits per heavy atom. The first-order valence-electron chi connectivity index (χ1n) is 6.94. The molecule has 0 saturated heterocycles. The molecule has 2 rings (SSSR count). The molecule has 116 valence electrons. The van der Waals surface area contributed by atoms with Crippen molar-refractivity contribution in [3.8, 4) is 17.6 Å². The molecule has 0 atom stereocenters. The van der Waals surface area contributed by atoms with Crippen LogP contribution in [0.3, 0.4) is 0 Å². The molecule has 5 heteroatoms. The first-order chi connectivity index (χ1) is 11.1. The maximum atomic E-state index is 12.1. The summed E-state index contributed by atoms with van der Waals surface area (Å²) in [6, 6.07) is 15.5. The van der Waals surface area contributed by atoms with E-state index in [1.54, 1.807) is 31.4 Å². The normalized spacial score (nSPS) is 10.7. The highest BCUT2D eigenvalue weighted by molar-refractivity contribution is 6.01. The summed E-state index contributed by atoms with van der Waals surface area (Å²) >= 11 is 0. The SMILES string of the molecule is COc1ccc(CNC(=O)/C(C#N)=C/c2cccc(O)c2)cc1. The van der Waals surface area contributed by atoms with E-state index in [4.69, 9.17) is 10.00 Å². The van der Waals surface area contributed by atoms with Crippen LogP contribution in [-0.4, -0.2) is 18.1 Å². The molecule has 0 aromatic heterocycles. The monoisotopic (exact) mass is 308 g/mol. The highest BCUT2D eigenvalue weighted by Gasteiger charge is 2.09. The van der Waals surface area contributed by atoms with Crippen molar-refractivity contribution in [3.63, 3.8) is 0 Å². The molecule has 23 heavy (non-hydrogen) atoms. The maximum Gasteiger partial charge on any atom is 0.262 e. The third kappa shape index (κ3) is 4.61. The fraction of sp³-hybridized carbons (Fsp3) is 0.111. The molecule has 1 amide bonds. The number of benzene rings is 2. The lowest BCUT2D eigenvalue weighted by molar-refractivity contribution is -0.117. The minimum atomic E-state index is -0.466. The van der Waals surface area contributed by atoms with E-state index in [0.717, 1.165) is 11.3 Å². The highest BCUT2D eigenvalue weighted by atomic mass is 16.5. The molecule has 0 heterocycles. The second kappa shape index (κ2) is 7.66. The van der Waals surface area contributed by atoms with Crippen LogP contribution in [0.1, 0.15) is 11.1 Å². The fourth-order valence-electron chi connectivity index (χ4n) is 1.95. The van der Waals surface area contributed by atoms with Gasteiger partial charge < -0.3 is 15.2 Å². The van der Waals surface area contributed by atoms with Crippen molar-refractivity contribution in [3.05, 3.63) is 65.2 Å². The standard InChI is InChI=1S/C18H16N2O3/c1-23-17-7-5-13(6-8-17)12-20-18(22)15(11-19)9-14-3-2-4-16(21)10-14/h2-10,21H,12H2,1H3,(H,20,22)/b15-9+. The maximum absolute atomic E-state index is 12.1. The first kappa shape index (κ1) is 16.1. The van der Waals surface area contributed by atoms with Crippen molar-refractivity contribution in [2.75, 3.05) is 7.11 Å². The zero-order valence-corrected chi connectivity index (χ0v) is 12.6. The van der Waals surface area contributed by atoms with E-state index in [9.17, 15) is 9.90 Å². The molecule has 0 aliphatic rings. The minimum absolute atomic E-state index is 0.0240. The lowest BCUT2D eigenvalue weighted by Gasteiger charge is -2.06. The van der Waals surface area contributed by atoms with E-state index in [0.29, 0.717) is 12.1 Å². The molecule has 0 fully saturated rings. The molecule has 0 aliphatic heterocycles. The summed E-state index contributed by atoms with van der Waals surface area (Å²) in [5.41, 5.74) is 1.46. The zero-order chi connectivity index (χ0) is 16.7. The number of rotatable bonds is 5. The Balaban J connectivity index is 2.04. The molecule has 0 spiro atoms. The molecule has 5 nitrogen and oxygen atoms in total. The number of hydrogen-bond donors (Lipinski definition) is 2. The summed E-state index contributed by atoms with van der Waals surface area (Å²) in [4.78, 5) is 12.1. The van der Waals surface area contributed by atoms with Gasteiger partial charge in [0.1, 0.15) is 23.1 Å². The third-order valence-electron chi connectivity index (χ3n) is 3.16. The molecule has 0 aliphatic carbocycles. The van der Waals surface area contributed by atoms with Gasteiger partial charge in [-0.2, -0.15) is 5.26 Å². The van der Waals surface area contributed by atoms with Gasteiger partial charge in [0.15, 0.2) is 0 Å². The number of ether oxygens (including phenoxy) is 1. The van der Waals surface area contributed by atoms with Gasteiger partial charge in [0.25, 0.3) is 5.91 Å². The number of nitrogens with zero attached hydrogens (tertiary/aromatic N) is 1. The lowest BCUT2D eigenvalue weighted by Crippen LogP contribution is -2.23. The van der Waals surface area contributed by atoms with Crippen LogP contribution in [0.5, 0.6) is 11.5 Å². The van der Waals surface area contributed by atoms with Gasteiger partial charge in [0.2, 0.25) is 0 Å². The Morgan fingerprint density at radius 2 is 2.04 bits per heavy atom. The first-order valence-corrected chi connectivity index (χ1v) is 6.94. The quantitative estimate of drug-likeness (QED) is 0.657. The molecule has 0 saturated carbocycles. The number of hydrogen-bond acceptors (Lipinski definition) is 4. The van der Waals surface area contributed by atoms with Crippen LogP contribution in [0.4, 0.5) is 0 Å². The summed E-state index contributed by atoms with van der Waals surface area (Å²) < 4.78 is 5.07. The van der Waals surface area contributed by atoms with Crippen LogP contribution in [0.2, 0.25) is 0 Å². The summed E-state index contributed by atoms with van der Waals surface area (Å²) in [6.45, 7) is 0.307. The van der Waals surface area contributed by atoms with Gasteiger partial charge in [-0.1, -0.05) is 24.3 Å². The van der Waals surface area contributed by atoms with E-state index in [1.165, 1.54) is 18.2 Å². The van der Waals surface area contributed by atoms with Crippen LogP contribution in [0.15, 0.2) is 54.1 Å². The fourth-order valence-corrected chi connectivity index (χ4v) is 1.95. The van der Waals surface area contributed by atoms with Crippen molar-refractivity contribution < 1.29 is 14.6 Å². The number of phenolic OH excluding ortho intramolecular Hbond substituents is 1. The molecule has 2 N–H and O–H groups in total. The number of carbonyl (C=O) groups is 1. The Labute approximate surface area is 134 Å². The number of aromatic hydroxyl groups is 1. The minimum Gasteiger partial charge on any atom is -0.508 e. The predicted octanol–water partition coefficient (Wildman–Crippen LogP) is 2.62. The number of nitriles is 1. The van der Waals surface area contributed by atoms with E-state index in [-0.39, 0.29) is 11.3 Å². The largest absolute Gasteiger partial charge is 0.508 e. The molecular formula is C18H16N2O3. The van der Waals surface area contributed by atoms with Crippen LogP contribution >= 0.6 is 0 Å². The number of amides is 1. The number of methoxy groups -OCH3 is 1. The van der Waals surface area contributed by atoms with Gasteiger partial charge in [-0.25, -0.2) is 0 Å². The highest BCUT2D eigenvalue weighted by Crippen LogP contribution is 2.14. The van der Waals surface area contributed by atoms with Crippen molar-refractivity contribution in [1.29, 1.82) is 5.26 Å². The van der Waals surface area contributed by atoms with Crippen molar-refractivity contribution in [1.82, 2.24) is 5.32 Å². The Bertz CT molecular complexity index is 759. The van der Waals surface area contributed by atoms with Crippen LogP contribution in [0, 0.1) is 11.3 Å². The third-order valence-corrected chi connectivity index (χ3v) is 3.16. The molecule has 0 bridgehead atoms. The molecule has 0 radical (unpaired) electrons. The summed E-state index contributed by atoms with van der Waals surface area (Å²) in [5.74, 6) is 0.350. The molecule has 2 aromatic rings. The van der Waals surface area contributed by atoms with Crippen LogP contribution < -0.4 is 10.1 Å². The Morgan fingerprint density at radius 1 is 1.30 bits per heavy atom. The van der Waals surface area contributed by atoms with Crippen LogP contribution in [-0.2, 0) is 11.3 Å². The Hall–Kier alpha value is -3.26. The predicted molar refractivity (Wildman–Crippen MR) is 86.5 cm³/mol. The van der Waals surface area contributed by atoms with Crippen molar-refractivity contribution >= 4 is 12.0 Å². The number of phenols is 1. The zero-order valence-electron chi connectivity index (χ0n) is 12.6. The average molecular weight is 308 g/mol. The second-order valence-corrected chi connectivity index (χ2v) is 4.80. The van der Waals surface area contributed by atoms with E-state index in [2.05, 4.69) is 5.32 Å². The number of nitrogens with one attached hydrogen (secondary N) is 1. The average Bonchev–Trinajstić information content (AvgIpc) is 2.58. The summed E-state index contributed by atoms with van der Waals surface area (Å²) in [5, 5.41) is 21.2. The summed E-state index contributed by atoms with van der Waals surface area (Å²) in [7, 11) is 1.59. The van der Waals surface area contributed by atoms with Gasteiger partial charge in [-0.3, -0.25) is 4.79 Å². The molecule has 2 aromatic carbocycles. The van der Waals surface area contributed by atoms with Gasteiger partial charge in [0, 0.05) is 6.54 Å². The van der Waals surface area contributed by atoms with E-state index >= 15 is 0 Å². The molecular weight excluding hydrogens is 292 g/mol. The van der Waals surface area contributed by atoms with Crippen LogP contribution in [0.25, 0.3) is 6.08 Å². The smallest absolute Gasteiger partial charge is 0.262 e.